The fourth-order valence-electron chi connectivity index (χ4n) is 3.95. The van der Waals surface area contributed by atoms with Crippen LogP contribution in [-0.4, -0.2) is 32.1 Å². The Kier molecular flexibility index (Phi) is 8.59. The summed E-state index contributed by atoms with van der Waals surface area (Å²) >= 11 is 12.2. The first-order chi connectivity index (χ1) is 16.1. The topological polar surface area (TPSA) is 66.6 Å². The summed E-state index contributed by atoms with van der Waals surface area (Å²) in [5.74, 6) is 0. The van der Waals surface area contributed by atoms with Gasteiger partial charge in [-0.1, -0.05) is 47.5 Å². The zero-order valence-electron chi connectivity index (χ0n) is 18.4. The molecule has 0 saturated heterocycles. The summed E-state index contributed by atoms with van der Waals surface area (Å²) in [5.41, 5.74) is 4.52. The summed E-state index contributed by atoms with van der Waals surface area (Å²) in [5, 5.41) is 1.49. The van der Waals surface area contributed by atoms with Crippen LogP contribution in [0.25, 0.3) is 0 Å². The van der Waals surface area contributed by atoms with E-state index in [9.17, 15) is 0 Å². The normalized spacial score (nSPS) is 13.2. The minimum atomic E-state index is 0.0550. The lowest BCUT2D eigenvalue weighted by Gasteiger charge is -2.25. The van der Waals surface area contributed by atoms with E-state index in [2.05, 4.69) is 44.2 Å². The molecule has 4 aromatic rings. The Morgan fingerprint density at radius 3 is 1.45 bits per heavy atom. The van der Waals surface area contributed by atoms with Gasteiger partial charge in [-0.15, -0.1) is 0 Å². The van der Waals surface area contributed by atoms with Gasteiger partial charge in [0.05, 0.1) is 36.3 Å². The highest BCUT2D eigenvalue weighted by molar-refractivity contribution is 6.30. The second-order valence-electron chi connectivity index (χ2n) is 8.24. The van der Waals surface area contributed by atoms with Crippen molar-refractivity contribution < 1.29 is 4.74 Å². The van der Waals surface area contributed by atoms with Crippen LogP contribution in [0.3, 0.4) is 0 Å². The van der Waals surface area contributed by atoms with E-state index in [4.69, 9.17) is 27.9 Å². The summed E-state index contributed by atoms with van der Waals surface area (Å²) in [4.78, 5) is 14.8. The molecule has 2 heterocycles. The van der Waals surface area contributed by atoms with Gasteiger partial charge in [0.15, 0.2) is 0 Å². The van der Waals surface area contributed by atoms with Crippen molar-refractivity contribution in [2.75, 3.05) is 0 Å². The lowest BCUT2D eigenvalue weighted by atomic mass is 10.0. The van der Waals surface area contributed by atoms with Gasteiger partial charge in [-0.2, -0.15) is 0 Å². The summed E-state index contributed by atoms with van der Waals surface area (Å²) in [6.07, 6.45) is 12.6. The van der Waals surface area contributed by atoms with Crippen molar-refractivity contribution in [3.05, 3.63) is 106 Å². The third kappa shape index (κ3) is 7.74. The maximum Gasteiger partial charge on any atom is 0.0923 e. The highest BCUT2D eigenvalue weighted by atomic mass is 35.5. The molecule has 0 saturated carbocycles. The maximum absolute atomic E-state index is 6.77. The number of halogens is 2. The Bertz CT molecular complexity index is 977. The quantitative estimate of drug-likeness (QED) is 0.251. The number of hydrogen-bond acceptors (Lipinski definition) is 3. The number of hydrogen-bond donors (Lipinski definition) is 2. The predicted octanol–water partition coefficient (Wildman–Crippen LogP) is 6.24. The van der Waals surface area contributed by atoms with Crippen LogP contribution in [-0.2, 0) is 30.4 Å². The first kappa shape index (κ1) is 23.6. The second-order valence-corrected chi connectivity index (χ2v) is 9.11. The lowest BCUT2D eigenvalue weighted by molar-refractivity contribution is -0.0193. The molecule has 2 aromatic heterocycles. The molecule has 0 spiro atoms. The van der Waals surface area contributed by atoms with Gasteiger partial charge in [0.25, 0.3) is 0 Å². The van der Waals surface area contributed by atoms with E-state index in [0.29, 0.717) is 0 Å². The minimum absolute atomic E-state index is 0.0550. The van der Waals surface area contributed by atoms with Crippen LogP contribution < -0.4 is 0 Å². The van der Waals surface area contributed by atoms with Gasteiger partial charge in [0.1, 0.15) is 0 Å². The number of aromatic nitrogens is 4. The Morgan fingerprint density at radius 2 is 1.09 bits per heavy atom. The number of aromatic amines is 2. The van der Waals surface area contributed by atoms with Crippen LogP contribution >= 0.6 is 23.2 Å². The molecule has 0 bridgehead atoms. The molecule has 0 aliphatic rings. The fourth-order valence-corrected chi connectivity index (χ4v) is 4.20. The molecule has 0 amide bonds. The van der Waals surface area contributed by atoms with E-state index >= 15 is 0 Å². The molecule has 4 rings (SSSR count). The van der Waals surface area contributed by atoms with Crippen LogP contribution in [0.15, 0.2) is 73.6 Å². The van der Waals surface area contributed by atoms with Crippen molar-refractivity contribution in [2.24, 2.45) is 0 Å². The van der Waals surface area contributed by atoms with Crippen LogP contribution in [0.5, 0.6) is 0 Å². The number of rotatable bonds is 12. The molecule has 33 heavy (non-hydrogen) atoms. The van der Waals surface area contributed by atoms with E-state index in [1.54, 1.807) is 12.7 Å². The fraction of sp³-hybridized carbons (Fsp3) is 0.308. The van der Waals surface area contributed by atoms with Crippen LogP contribution in [0.4, 0.5) is 0 Å². The lowest BCUT2D eigenvalue weighted by Crippen LogP contribution is -2.27. The average molecular weight is 483 g/mol. The molecular formula is C26H28Cl2N4O. The Balaban J connectivity index is 1.48. The molecule has 0 aliphatic heterocycles. The number of ether oxygens (including phenoxy) is 1. The number of benzene rings is 2. The van der Waals surface area contributed by atoms with Gasteiger partial charge >= 0.3 is 0 Å². The van der Waals surface area contributed by atoms with Gasteiger partial charge in [0, 0.05) is 22.4 Å². The number of aryl methyl sites for hydroxylation is 2. The van der Waals surface area contributed by atoms with Crippen LogP contribution in [0.1, 0.15) is 35.4 Å². The van der Waals surface area contributed by atoms with Crippen molar-refractivity contribution >= 4 is 23.2 Å². The van der Waals surface area contributed by atoms with E-state index in [0.717, 1.165) is 60.0 Å². The predicted molar refractivity (Wildman–Crippen MR) is 133 cm³/mol. The van der Waals surface area contributed by atoms with Crippen LogP contribution in [0, 0.1) is 0 Å². The van der Waals surface area contributed by atoms with Crippen molar-refractivity contribution in [3.63, 3.8) is 0 Å². The molecule has 2 N–H and O–H groups in total. The minimum Gasteiger partial charge on any atom is -0.374 e. The van der Waals surface area contributed by atoms with E-state index < -0.39 is 0 Å². The van der Waals surface area contributed by atoms with Crippen molar-refractivity contribution in [3.8, 4) is 0 Å². The number of nitrogens with one attached hydrogen (secondary N) is 2. The molecule has 7 heteroatoms. The molecule has 2 atom stereocenters. The molecule has 2 aromatic carbocycles. The smallest absolute Gasteiger partial charge is 0.0923 e. The highest BCUT2D eigenvalue weighted by Gasteiger charge is 2.19. The largest absolute Gasteiger partial charge is 0.374 e. The zero-order valence-corrected chi connectivity index (χ0v) is 19.9. The Labute approximate surface area is 204 Å². The van der Waals surface area contributed by atoms with Gasteiger partial charge in [0.2, 0.25) is 0 Å². The molecule has 2 unspecified atom stereocenters. The Hall–Kier alpha value is -2.60. The molecule has 5 nitrogen and oxygen atoms in total. The first-order valence-corrected chi connectivity index (χ1v) is 12.0. The molecule has 0 radical (unpaired) electrons. The summed E-state index contributed by atoms with van der Waals surface area (Å²) in [7, 11) is 0. The van der Waals surface area contributed by atoms with E-state index in [1.165, 1.54) is 11.1 Å². The van der Waals surface area contributed by atoms with Crippen molar-refractivity contribution in [2.45, 2.75) is 50.7 Å². The monoisotopic (exact) mass is 482 g/mol. The third-order valence-electron chi connectivity index (χ3n) is 5.69. The standard InChI is InChI=1S/C26H28Cl2N4O/c27-21-5-1-19(2-6-21)13-25(11-9-23-15-29-17-31-23)33-26(12-10-24-16-30-18-32-24)14-20-3-7-22(28)8-4-20/h1-8,15-18,25-26H,9-14H2,(H,29,31)(H,30,32). The van der Waals surface area contributed by atoms with Gasteiger partial charge in [-0.3, -0.25) is 0 Å². The average Bonchev–Trinajstić information content (AvgIpc) is 3.53. The number of nitrogens with zero attached hydrogens (tertiary/aromatic N) is 2. The summed E-state index contributed by atoms with van der Waals surface area (Å²) in [6, 6.07) is 16.0. The molecular weight excluding hydrogens is 455 g/mol. The Morgan fingerprint density at radius 1 is 0.667 bits per heavy atom. The second kappa shape index (κ2) is 12.0. The van der Waals surface area contributed by atoms with E-state index in [1.807, 2.05) is 36.7 Å². The highest BCUT2D eigenvalue weighted by Crippen LogP contribution is 2.21. The molecule has 172 valence electrons. The van der Waals surface area contributed by atoms with Gasteiger partial charge in [-0.25, -0.2) is 9.97 Å². The van der Waals surface area contributed by atoms with Gasteiger partial charge in [-0.05, 0) is 73.9 Å². The first-order valence-electron chi connectivity index (χ1n) is 11.2. The van der Waals surface area contributed by atoms with Crippen molar-refractivity contribution in [1.82, 2.24) is 19.9 Å². The third-order valence-corrected chi connectivity index (χ3v) is 6.20. The summed E-state index contributed by atoms with van der Waals surface area (Å²) < 4.78 is 6.77. The zero-order chi connectivity index (χ0) is 22.9. The SMILES string of the molecule is Clc1ccc(CC(CCc2c[nH]cn2)OC(CCc2c[nH]cn2)Cc2ccc(Cl)cc2)cc1. The van der Waals surface area contributed by atoms with E-state index in [-0.39, 0.29) is 12.2 Å². The van der Waals surface area contributed by atoms with Gasteiger partial charge < -0.3 is 14.7 Å². The number of imidazole rings is 2. The maximum atomic E-state index is 6.77. The summed E-state index contributed by atoms with van der Waals surface area (Å²) in [6.45, 7) is 0. The molecule has 0 fully saturated rings. The van der Waals surface area contributed by atoms with Crippen molar-refractivity contribution in [1.29, 1.82) is 0 Å². The molecule has 0 aliphatic carbocycles. The van der Waals surface area contributed by atoms with Crippen LogP contribution in [0.2, 0.25) is 10.0 Å². The number of H-pyrrole nitrogens is 2.